The number of carbonyl (C=O) groups is 1. The van der Waals surface area contributed by atoms with E-state index in [0.717, 1.165) is 12.1 Å². The van der Waals surface area contributed by atoms with Gasteiger partial charge in [-0.3, -0.25) is 4.79 Å². The average Bonchev–Trinajstić information content (AvgIpc) is 2.21. The van der Waals surface area contributed by atoms with E-state index in [2.05, 4.69) is 5.32 Å². The summed E-state index contributed by atoms with van der Waals surface area (Å²) in [6, 6.07) is 1.50. The number of carbonyl (C=O) groups excluding carboxylic acids is 1. The van der Waals surface area contributed by atoms with Crippen LogP contribution in [0.3, 0.4) is 0 Å². The number of nitrogens with two attached hydrogens (primary N) is 1. The van der Waals surface area contributed by atoms with E-state index in [0.29, 0.717) is 6.54 Å². The maximum Gasteiger partial charge on any atom is 0.254 e. The van der Waals surface area contributed by atoms with E-state index in [4.69, 9.17) is 5.73 Å². The molecule has 0 aliphatic heterocycles. The average molecular weight is 257 g/mol. The number of halogens is 2. The summed E-state index contributed by atoms with van der Waals surface area (Å²) in [5.41, 5.74) is 4.52. The number of amides is 1. The Bertz CT molecular complexity index is 449. The van der Waals surface area contributed by atoms with Crippen molar-refractivity contribution < 1.29 is 13.6 Å². The molecule has 18 heavy (non-hydrogen) atoms. The first-order chi connectivity index (χ1) is 8.31. The van der Waals surface area contributed by atoms with Crippen molar-refractivity contribution in [3.8, 4) is 0 Å². The van der Waals surface area contributed by atoms with Gasteiger partial charge in [0.1, 0.15) is 5.82 Å². The maximum absolute atomic E-state index is 13.6. The molecule has 0 aliphatic rings. The van der Waals surface area contributed by atoms with Crippen molar-refractivity contribution in [2.45, 2.75) is 13.0 Å². The van der Waals surface area contributed by atoms with E-state index in [-0.39, 0.29) is 17.3 Å². The molecule has 4 nitrogen and oxygen atoms in total. The van der Waals surface area contributed by atoms with Gasteiger partial charge in [-0.25, -0.2) is 8.78 Å². The number of nitrogen functional groups attached to an aromatic ring is 1. The molecule has 0 saturated carbocycles. The zero-order valence-corrected chi connectivity index (χ0v) is 10.6. The van der Waals surface area contributed by atoms with Crippen LogP contribution in [0.2, 0.25) is 0 Å². The third kappa shape index (κ3) is 3.66. The highest BCUT2D eigenvalue weighted by atomic mass is 19.1. The molecular formula is C12H17F2N3O. The first kappa shape index (κ1) is 14.4. The zero-order valence-electron chi connectivity index (χ0n) is 10.6. The minimum absolute atomic E-state index is 0.184. The Morgan fingerprint density at radius 2 is 2.06 bits per heavy atom. The third-order valence-electron chi connectivity index (χ3n) is 2.33. The van der Waals surface area contributed by atoms with Gasteiger partial charge >= 0.3 is 0 Å². The molecule has 0 radical (unpaired) electrons. The van der Waals surface area contributed by atoms with E-state index >= 15 is 0 Å². The van der Waals surface area contributed by atoms with Crippen LogP contribution in [0.15, 0.2) is 12.1 Å². The maximum atomic E-state index is 13.6. The minimum Gasteiger partial charge on any atom is -0.396 e. The fourth-order valence-corrected chi connectivity index (χ4v) is 1.67. The Morgan fingerprint density at radius 1 is 1.44 bits per heavy atom. The lowest BCUT2D eigenvalue weighted by Gasteiger charge is -2.18. The summed E-state index contributed by atoms with van der Waals surface area (Å²) in [5, 5.41) is 2.58. The molecule has 1 atom stereocenters. The number of nitrogens with zero attached hydrogens (tertiary/aromatic N) is 1. The Kier molecular flexibility index (Phi) is 4.61. The van der Waals surface area contributed by atoms with Gasteiger partial charge in [0.15, 0.2) is 5.82 Å². The molecule has 1 aromatic rings. The van der Waals surface area contributed by atoms with Gasteiger partial charge in [0.25, 0.3) is 5.91 Å². The molecule has 0 fully saturated rings. The van der Waals surface area contributed by atoms with Gasteiger partial charge in [0.2, 0.25) is 0 Å². The second-order valence-electron chi connectivity index (χ2n) is 4.49. The molecule has 0 aromatic heterocycles. The molecule has 100 valence electrons. The first-order valence-electron chi connectivity index (χ1n) is 5.51. The van der Waals surface area contributed by atoms with Gasteiger partial charge in [-0.05, 0) is 33.2 Å². The highest BCUT2D eigenvalue weighted by Crippen LogP contribution is 2.17. The van der Waals surface area contributed by atoms with Gasteiger partial charge in [-0.15, -0.1) is 0 Å². The smallest absolute Gasteiger partial charge is 0.254 e. The van der Waals surface area contributed by atoms with Gasteiger partial charge in [-0.1, -0.05) is 0 Å². The van der Waals surface area contributed by atoms with Gasteiger partial charge < -0.3 is 16.0 Å². The lowest BCUT2D eigenvalue weighted by atomic mass is 10.1. The molecule has 0 saturated heterocycles. The highest BCUT2D eigenvalue weighted by Gasteiger charge is 2.17. The second kappa shape index (κ2) is 5.77. The van der Waals surface area contributed by atoms with Crippen LogP contribution in [0, 0.1) is 11.6 Å². The van der Waals surface area contributed by atoms with Crippen molar-refractivity contribution in [1.29, 1.82) is 0 Å². The zero-order chi connectivity index (χ0) is 13.9. The normalized spacial score (nSPS) is 12.6. The predicted molar refractivity (Wildman–Crippen MR) is 66.3 cm³/mol. The van der Waals surface area contributed by atoms with Crippen LogP contribution in [-0.2, 0) is 0 Å². The Labute approximate surface area is 105 Å². The van der Waals surface area contributed by atoms with Crippen LogP contribution < -0.4 is 11.1 Å². The quantitative estimate of drug-likeness (QED) is 0.798. The van der Waals surface area contributed by atoms with Crippen molar-refractivity contribution >= 4 is 11.6 Å². The molecule has 1 unspecified atom stereocenters. The number of likely N-dealkylation sites (N-methyl/N-ethyl adjacent to an activating group) is 1. The van der Waals surface area contributed by atoms with Crippen LogP contribution >= 0.6 is 0 Å². The number of anilines is 1. The molecule has 1 rings (SSSR count). The molecule has 0 spiro atoms. The number of benzene rings is 1. The standard InChI is InChI=1S/C12H17F2N3O/c1-7(6-17(2)3)16-12(18)9-4-8(13)5-10(15)11(9)14/h4-5,7H,6,15H2,1-3H3,(H,16,18). The molecule has 0 bridgehead atoms. The topological polar surface area (TPSA) is 58.4 Å². The van der Waals surface area contributed by atoms with E-state index < -0.39 is 17.5 Å². The summed E-state index contributed by atoms with van der Waals surface area (Å²) in [6.07, 6.45) is 0. The van der Waals surface area contributed by atoms with Gasteiger partial charge in [-0.2, -0.15) is 0 Å². The molecule has 0 aliphatic carbocycles. The van der Waals surface area contributed by atoms with Crippen LogP contribution in [0.5, 0.6) is 0 Å². The minimum atomic E-state index is -0.897. The fraction of sp³-hybridized carbons (Fsp3) is 0.417. The van der Waals surface area contributed by atoms with E-state index in [9.17, 15) is 13.6 Å². The molecule has 0 heterocycles. The summed E-state index contributed by atoms with van der Waals surface area (Å²) < 4.78 is 26.7. The molecule has 1 amide bonds. The summed E-state index contributed by atoms with van der Waals surface area (Å²) >= 11 is 0. The number of hydrogen-bond acceptors (Lipinski definition) is 3. The molecule has 1 aromatic carbocycles. The first-order valence-corrected chi connectivity index (χ1v) is 5.51. The predicted octanol–water partition coefficient (Wildman–Crippen LogP) is 1.23. The Balaban J connectivity index is 2.85. The largest absolute Gasteiger partial charge is 0.396 e. The second-order valence-corrected chi connectivity index (χ2v) is 4.49. The lowest BCUT2D eigenvalue weighted by Crippen LogP contribution is -2.39. The lowest BCUT2D eigenvalue weighted by molar-refractivity contribution is 0.0930. The summed E-state index contributed by atoms with van der Waals surface area (Å²) in [5.74, 6) is -2.31. The van der Waals surface area contributed by atoms with Gasteiger partial charge in [0, 0.05) is 12.6 Å². The molecule has 3 N–H and O–H groups in total. The SMILES string of the molecule is CC(CN(C)C)NC(=O)c1cc(F)cc(N)c1F. The summed E-state index contributed by atoms with van der Waals surface area (Å²) in [7, 11) is 3.70. The van der Waals surface area contributed by atoms with Crippen molar-refractivity contribution in [2.24, 2.45) is 0 Å². The van der Waals surface area contributed by atoms with E-state index in [1.807, 2.05) is 19.0 Å². The molecule has 6 heteroatoms. The fourth-order valence-electron chi connectivity index (χ4n) is 1.67. The number of nitrogens with one attached hydrogen (secondary N) is 1. The summed E-state index contributed by atoms with van der Waals surface area (Å²) in [6.45, 7) is 2.37. The summed E-state index contributed by atoms with van der Waals surface area (Å²) in [4.78, 5) is 13.6. The number of hydrogen-bond donors (Lipinski definition) is 2. The Hall–Kier alpha value is -1.69. The van der Waals surface area contributed by atoms with Crippen molar-refractivity contribution in [2.75, 3.05) is 26.4 Å². The highest BCUT2D eigenvalue weighted by molar-refractivity contribution is 5.95. The van der Waals surface area contributed by atoms with Crippen molar-refractivity contribution in [1.82, 2.24) is 10.2 Å². The van der Waals surface area contributed by atoms with Crippen molar-refractivity contribution in [3.05, 3.63) is 29.3 Å². The van der Waals surface area contributed by atoms with E-state index in [1.165, 1.54) is 0 Å². The van der Waals surface area contributed by atoms with E-state index in [1.54, 1.807) is 6.92 Å². The third-order valence-corrected chi connectivity index (χ3v) is 2.33. The monoisotopic (exact) mass is 257 g/mol. The van der Waals surface area contributed by atoms with Gasteiger partial charge in [0.05, 0.1) is 11.3 Å². The van der Waals surface area contributed by atoms with Crippen molar-refractivity contribution in [3.63, 3.8) is 0 Å². The van der Waals surface area contributed by atoms with Crippen LogP contribution in [-0.4, -0.2) is 37.5 Å². The van der Waals surface area contributed by atoms with Crippen LogP contribution in [0.4, 0.5) is 14.5 Å². The van der Waals surface area contributed by atoms with Crippen LogP contribution in [0.1, 0.15) is 17.3 Å². The van der Waals surface area contributed by atoms with Crippen LogP contribution in [0.25, 0.3) is 0 Å². The number of rotatable bonds is 4. The molecular weight excluding hydrogens is 240 g/mol. The Morgan fingerprint density at radius 3 is 2.61 bits per heavy atom.